The van der Waals surface area contributed by atoms with Crippen molar-refractivity contribution < 1.29 is 4.74 Å². The Hall–Kier alpha value is -2.15. The second kappa shape index (κ2) is 5.09. The van der Waals surface area contributed by atoms with Gasteiger partial charge in [-0.25, -0.2) is 0 Å². The van der Waals surface area contributed by atoms with E-state index in [4.69, 9.17) is 17.0 Å². The SMILES string of the molecule is COc1ccc2c(c1)[nH]c(=S)n2CCc1nncn1C. The average molecular weight is 289 g/mol. The molecule has 1 aromatic carbocycles. The Labute approximate surface area is 121 Å². The number of methoxy groups -OCH3 is 1. The van der Waals surface area contributed by atoms with Crippen molar-refractivity contribution in [3.8, 4) is 5.75 Å². The number of H-pyrrole nitrogens is 1. The van der Waals surface area contributed by atoms with Gasteiger partial charge in [-0.1, -0.05) is 0 Å². The van der Waals surface area contributed by atoms with Crippen LogP contribution in [0.1, 0.15) is 5.82 Å². The number of benzene rings is 1. The first-order valence-electron chi connectivity index (χ1n) is 6.28. The van der Waals surface area contributed by atoms with Gasteiger partial charge >= 0.3 is 0 Å². The summed E-state index contributed by atoms with van der Waals surface area (Å²) in [6, 6.07) is 5.89. The molecule has 7 heteroatoms. The topological polar surface area (TPSA) is 60.7 Å². The molecule has 2 aromatic heterocycles. The van der Waals surface area contributed by atoms with Gasteiger partial charge in [-0.05, 0) is 24.4 Å². The van der Waals surface area contributed by atoms with E-state index in [1.54, 1.807) is 13.4 Å². The van der Waals surface area contributed by atoms with Crippen molar-refractivity contribution in [1.82, 2.24) is 24.3 Å². The average Bonchev–Trinajstić information content (AvgIpc) is 2.98. The van der Waals surface area contributed by atoms with Crippen molar-refractivity contribution in [3.05, 3.63) is 35.1 Å². The van der Waals surface area contributed by atoms with Gasteiger partial charge in [-0.2, -0.15) is 0 Å². The molecule has 3 aromatic rings. The molecule has 0 aliphatic rings. The lowest BCUT2D eigenvalue weighted by Gasteiger charge is -2.05. The first-order valence-corrected chi connectivity index (χ1v) is 6.69. The number of aromatic amines is 1. The molecule has 0 bridgehead atoms. The summed E-state index contributed by atoms with van der Waals surface area (Å²) in [5.41, 5.74) is 2.05. The first kappa shape index (κ1) is 12.9. The monoisotopic (exact) mass is 289 g/mol. The van der Waals surface area contributed by atoms with Gasteiger partial charge in [0, 0.05) is 26.1 Å². The van der Waals surface area contributed by atoms with Crippen LogP contribution in [0.3, 0.4) is 0 Å². The Kier molecular flexibility index (Phi) is 3.27. The number of nitrogens with zero attached hydrogens (tertiary/aromatic N) is 4. The van der Waals surface area contributed by atoms with Gasteiger partial charge in [-0.3, -0.25) is 0 Å². The highest BCUT2D eigenvalue weighted by molar-refractivity contribution is 7.71. The normalized spacial score (nSPS) is 11.1. The molecule has 20 heavy (non-hydrogen) atoms. The van der Waals surface area contributed by atoms with Crippen molar-refractivity contribution in [1.29, 1.82) is 0 Å². The fraction of sp³-hybridized carbons (Fsp3) is 0.308. The minimum atomic E-state index is 0.704. The van der Waals surface area contributed by atoms with Crippen molar-refractivity contribution in [2.45, 2.75) is 13.0 Å². The van der Waals surface area contributed by atoms with Gasteiger partial charge < -0.3 is 18.9 Å². The molecule has 0 radical (unpaired) electrons. The number of hydrogen-bond acceptors (Lipinski definition) is 4. The molecular formula is C13H15N5OS. The summed E-state index contributed by atoms with van der Waals surface area (Å²) in [4.78, 5) is 3.20. The number of aryl methyl sites for hydroxylation is 3. The van der Waals surface area contributed by atoms with Gasteiger partial charge in [-0.15, -0.1) is 10.2 Å². The molecule has 2 heterocycles. The number of nitrogens with one attached hydrogen (secondary N) is 1. The number of imidazole rings is 1. The lowest BCUT2D eigenvalue weighted by atomic mass is 10.3. The van der Waals surface area contributed by atoms with E-state index in [-0.39, 0.29) is 0 Å². The van der Waals surface area contributed by atoms with E-state index < -0.39 is 0 Å². The summed E-state index contributed by atoms with van der Waals surface area (Å²) >= 11 is 5.38. The molecule has 0 unspecified atom stereocenters. The zero-order valence-electron chi connectivity index (χ0n) is 11.3. The molecule has 0 aliphatic heterocycles. The van der Waals surface area contributed by atoms with E-state index >= 15 is 0 Å². The molecule has 1 N–H and O–H groups in total. The van der Waals surface area contributed by atoms with E-state index in [1.165, 1.54) is 0 Å². The van der Waals surface area contributed by atoms with Crippen LogP contribution >= 0.6 is 12.2 Å². The van der Waals surface area contributed by atoms with Crippen LogP contribution < -0.4 is 4.74 Å². The van der Waals surface area contributed by atoms with Gasteiger partial charge in [0.05, 0.1) is 18.1 Å². The van der Waals surface area contributed by atoms with Crippen molar-refractivity contribution in [2.24, 2.45) is 7.05 Å². The van der Waals surface area contributed by atoms with E-state index in [1.807, 2.05) is 29.8 Å². The third kappa shape index (κ3) is 2.20. The lowest BCUT2D eigenvalue weighted by molar-refractivity contribution is 0.415. The minimum absolute atomic E-state index is 0.704. The van der Waals surface area contributed by atoms with E-state index in [0.29, 0.717) is 4.77 Å². The zero-order chi connectivity index (χ0) is 14.1. The molecule has 0 saturated carbocycles. The summed E-state index contributed by atoms with van der Waals surface area (Å²) < 4.78 is 9.91. The Morgan fingerprint density at radius 2 is 2.25 bits per heavy atom. The molecule has 0 spiro atoms. The predicted octanol–water partition coefficient (Wildman–Crippen LogP) is 2.08. The fourth-order valence-corrected chi connectivity index (χ4v) is 2.54. The molecular weight excluding hydrogens is 274 g/mol. The van der Waals surface area contributed by atoms with E-state index in [0.717, 1.165) is 35.6 Å². The maximum absolute atomic E-state index is 5.38. The third-order valence-corrected chi connectivity index (χ3v) is 3.67. The van der Waals surface area contributed by atoms with Crippen LogP contribution in [0.15, 0.2) is 24.5 Å². The van der Waals surface area contributed by atoms with Crippen molar-refractivity contribution in [2.75, 3.05) is 7.11 Å². The quantitative estimate of drug-likeness (QED) is 0.747. The molecule has 0 atom stereocenters. The Bertz CT molecular complexity index is 801. The van der Waals surface area contributed by atoms with Crippen LogP contribution in [-0.2, 0) is 20.0 Å². The van der Waals surface area contributed by atoms with Gasteiger partial charge in [0.2, 0.25) is 0 Å². The van der Waals surface area contributed by atoms with Crippen molar-refractivity contribution >= 4 is 23.3 Å². The largest absolute Gasteiger partial charge is 0.497 e. The third-order valence-electron chi connectivity index (χ3n) is 3.35. The van der Waals surface area contributed by atoms with Crippen LogP contribution in [0, 0.1) is 4.77 Å². The second-order valence-corrected chi connectivity index (χ2v) is 4.96. The highest BCUT2D eigenvalue weighted by Gasteiger charge is 2.07. The molecule has 0 fully saturated rings. The lowest BCUT2D eigenvalue weighted by Crippen LogP contribution is -2.05. The molecule has 3 rings (SSSR count). The molecule has 0 amide bonds. The molecule has 0 saturated heterocycles. The van der Waals surface area contributed by atoms with Crippen LogP contribution in [-0.4, -0.2) is 31.4 Å². The molecule has 6 nitrogen and oxygen atoms in total. The smallest absolute Gasteiger partial charge is 0.178 e. The van der Waals surface area contributed by atoms with Crippen LogP contribution in [0.25, 0.3) is 11.0 Å². The minimum Gasteiger partial charge on any atom is -0.497 e. The maximum Gasteiger partial charge on any atom is 0.178 e. The standard InChI is InChI=1S/C13H15N5OS/c1-17-8-14-16-12(17)5-6-18-11-4-3-9(19-2)7-10(11)15-13(18)20/h3-4,7-8H,5-6H2,1-2H3,(H,15,20). The number of hydrogen-bond donors (Lipinski definition) is 1. The number of ether oxygens (including phenoxy) is 1. The van der Waals surface area contributed by atoms with Crippen LogP contribution in [0.4, 0.5) is 0 Å². The number of aromatic nitrogens is 5. The van der Waals surface area contributed by atoms with Crippen LogP contribution in [0.2, 0.25) is 0 Å². The summed E-state index contributed by atoms with van der Waals surface area (Å²) in [6.45, 7) is 0.762. The fourth-order valence-electron chi connectivity index (χ4n) is 2.24. The predicted molar refractivity (Wildman–Crippen MR) is 78.4 cm³/mol. The molecule has 104 valence electrons. The van der Waals surface area contributed by atoms with Gasteiger partial charge in [0.25, 0.3) is 0 Å². The maximum atomic E-state index is 5.38. The number of rotatable bonds is 4. The summed E-state index contributed by atoms with van der Waals surface area (Å²) in [6.07, 6.45) is 2.48. The van der Waals surface area contributed by atoms with Crippen molar-refractivity contribution in [3.63, 3.8) is 0 Å². The Morgan fingerprint density at radius 3 is 2.95 bits per heavy atom. The Balaban J connectivity index is 1.93. The van der Waals surface area contributed by atoms with Gasteiger partial charge in [0.1, 0.15) is 17.9 Å². The zero-order valence-corrected chi connectivity index (χ0v) is 12.1. The highest BCUT2D eigenvalue weighted by atomic mass is 32.1. The first-order chi connectivity index (χ1) is 9.69. The number of fused-ring (bicyclic) bond motifs is 1. The summed E-state index contributed by atoms with van der Waals surface area (Å²) in [5.74, 6) is 1.75. The van der Waals surface area contributed by atoms with Crippen LogP contribution in [0.5, 0.6) is 5.75 Å². The molecule has 0 aliphatic carbocycles. The highest BCUT2D eigenvalue weighted by Crippen LogP contribution is 2.20. The Morgan fingerprint density at radius 1 is 1.40 bits per heavy atom. The summed E-state index contributed by atoms with van der Waals surface area (Å²) in [7, 11) is 3.59. The second-order valence-electron chi connectivity index (χ2n) is 4.57. The van der Waals surface area contributed by atoms with E-state index in [2.05, 4.69) is 19.7 Å². The summed E-state index contributed by atoms with van der Waals surface area (Å²) in [5, 5.41) is 7.97. The van der Waals surface area contributed by atoms with E-state index in [9.17, 15) is 0 Å². The van der Waals surface area contributed by atoms with Gasteiger partial charge in [0.15, 0.2) is 4.77 Å².